The van der Waals surface area contributed by atoms with Gasteiger partial charge in [0.2, 0.25) is 0 Å². The third kappa shape index (κ3) is 5.20. The highest BCUT2D eigenvalue weighted by Gasteiger charge is 2.18. The van der Waals surface area contributed by atoms with Gasteiger partial charge >= 0.3 is 5.97 Å². The highest BCUT2D eigenvalue weighted by atomic mass is 79.9. The lowest BCUT2D eigenvalue weighted by Gasteiger charge is -2.17. The van der Waals surface area contributed by atoms with Gasteiger partial charge in [-0.1, -0.05) is 36.7 Å². The minimum absolute atomic E-state index is 0.355. The molecule has 5 heteroatoms. The van der Waals surface area contributed by atoms with Crippen molar-refractivity contribution in [3.05, 3.63) is 28.2 Å². The summed E-state index contributed by atoms with van der Waals surface area (Å²) in [4.78, 5) is 11.0. The Morgan fingerprint density at radius 1 is 1.47 bits per heavy atom. The van der Waals surface area contributed by atoms with E-state index in [0.29, 0.717) is 24.8 Å². The Morgan fingerprint density at radius 2 is 2.16 bits per heavy atom. The summed E-state index contributed by atoms with van der Waals surface area (Å²) in [6.45, 7) is 6.56. The lowest BCUT2D eigenvalue weighted by atomic mass is 10.2. The average Bonchev–Trinajstić information content (AvgIpc) is 2.34. The predicted octanol–water partition coefficient (Wildman–Crippen LogP) is 3.19. The lowest BCUT2D eigenvalue weighted by Crippen LogP contribution is -2.27. The highest BCUT2D eigenvalue weighted by Crippen LogP contribution is 2.25. The number of halogens is 1. The molecule has 0 fully saturated rings. The molecule has 0 saturated heterocycles. The molecule has 2 N–H and O–H groups in total. The Bertz CT molecular complexity index is 435. The van der Waals surface area contributed by atoms with E-state index in [1.807, 2.05) is 12.1 Å². The molecule has 0 aliphatic rings. The van der Waals surface area contributed by atoms with Crippen LogP contribution in [0, 0.1) is 0 Å². The monoisotopic (exact) mass is 329 g/mol. The van der Waals surface area contributed by atoms with Crippen LogP contribution in [0.1, 0.15) is 32.8 Å². The van der Waals surface area contributed by atoms with E-state index in [1.54, 1.807) is 13.0 Å². The van der Waals surface area contributed by atoms with Crippen molar-refractivity contribution in [2.45, 2.75) is 45.9 Å². The predicted molar refractivity (Wildman–Crippen MR) is 78.5 cm³/mol. The van der Waals surface area contributed by atoms with Gasteiger partial charge in [0.1, 0.15) is 5.75 Å². The number of benzene rings is 1. The number of nitrogens with one attached hydrogen (secondary N) is 1. The Hall–Kier alpha value is -1.07. The molecule has 0 aliphatic heterocycles. The fourth-order valence-corrected chi connectivity index (χ4v) is 1.99. The molecule has 0 aromatic heterocycles. The van der Waals surface area contributed by atoms with Crippen molar-refractivity contribution in [1.82, 2.24) is 5.32 Å². The van der Waals surface area contributed by atoms with E-state index in [2.05, 4.69) is 35.1 Å². The second-order valence-electron chi connectivity index (χ2n) is 4.64. The summed E-state index contributed by atoms with van der Waals surface area (Å²) in [7, 11) is 0. The smallest absolute Gasteiger partial charge is 0.344 e. The SMILES string of the molecule is CCC(Oc1ccc(Br)cc1CNC(C)C)C(=O)O. The normalized spacial score (nSPS) is 12.5. The first-order chi connectivity index (χ1) is 8.93. The van der Waals surface area contributed by atoms with Gasteiger partial charge in [0, 0.05) is 22.6 Å². The molecule has 1 aromatic carbocycles. The molecule has 0 bridgehead atoms. The number of aliphatic carboxylic acids is 1. The first-order valence-corrected chi connectivity index (χ1v) is 7.14. The average molecular weight is 330 g/mol. The quantitative estimate of drug-likeness (QED) is 0.806. The van der Waals surface area contributed by atoms with E-state index in [4.69, 9.17) is 9.84 Å². The second-order valence-corrected chi connectivity index (χ2v) is 5.56. The van der Waals surface area contributed by atoms with Crippen LogP contribution < -0.4 is 10.1 Å². The van der Waals surface area contributed by atoms with Crippen molar-refractivity contribution in [3.63, 3.8) is 0 Å². The number of hydrogen-bond donors (Lipinski definition) is 2. The van der Waals surface area contributed by atoms with Crippen LogP contribution in [0.15, 0.2) is 22.7 Å². The zero-order valence-corrected chi connectivity index (χ0v) is 13.0. The van der Waals surface area contributed by atoms with E-state index in [-0.39, 0.29) is 0 Å². The number of ether oxygens (including phenoxy) is 1. The Labute approximate surface area is 122 Å². The van der Waals surface area contributed by atoms with Crippen LogP contribution in [0.2, 0.25) is 0 Å². The molecule has 0 saturated carbocycles. The third-order valence-corrected chi connectivity index (χ3v) is 3.13. The third-order valence-electron chi connectivity index (χ3n) is 2.64. The molecule has 19 heavy (non-hydrogen) atoms. The van der Waals surface area contributed by atoms with E-state index >= 15 is 0 Å². The summed E-state index contributed by atoms with van der Waals surface area (Å²) in [6.07, 6.45) is -0.374. The van der Waals surface area contributed by atoms with Crippen LogP contribution in [0.5, 0.6) is 5.75 Å². The Morgan fingerprint density at radius 3 is 2.68 bits per heavy atom. The van der Waals surface area contributed by atoms with Gasteiger partial charge in [0.25, 0.3) is 0 Å². The van der Waals surface area contributed by atoms with Crippen LogP contribution in [0.4, 0.5) is 0 Å². The van der Waals surface area contributed by atoms with Crippen LogP contribution in [0.3, 0.4) is 0 Å². The van der Waals surface area contributed by atoms with Crippen molar-refractivity contribution in [2.75, 3.05) is 0 Å². The number of rotatable bonds is 7. The van der Waals surface area contributed by atoms with E-state index in [0.717, 1.165) is 10.0 Å². The lowest BCUT2D eigenvalue weighted by molar-refractivity contribution is -0.145. The van der Waals surface area contributed by atoms with Crippen LogP contribution in [0.25, 0.3) is 0 Å². The largest absolute Gasteiger partial charge is 0.479 e. The maximum Gasteiger partial charge on any atom is 0.344 e. The van der Waals surface area contributed by atoms with Crippen molar-refractivity contribution < 1.29 is 14.6 Å². The maximum absolute atomic E-state index is 11.0. The number of carboxylic acids is 1. The maximum atomic E-state index is 11.0. The highest BCUT2D eigenvalue weighted by molar-refractivity contribution is 9.10. The van der Waals surface area contributed by atoms with Crippen LogP contribution in [-0.4, -0.2) is 23.2 Å². The molecular formula is C14H20BrNO3. The van der Waals surface area contributed by atoms with Gasteiger partial charge in [0.15, 0.2) is 6.10 Å². The van der Waals surface area contributed by atoms with Crippen molar-refractivity contribution in [1.29, 1.82) is 0 Å². The first kappa shape index (κ1) is 16.0. The molecule has 1 atom stereocenters. The van der Waals surface area contributed by atoms with Gasteiger partial charge in [-0.3, -0.25) is 0 Å². The van der Waals surface area contributed by atoms with E-state index in [1.165, 1.54) is 0 Å². The summed E-state index contributed by atoms with van der Waals surface area (Å²) in [5, 5.41) is 12.3. The number of carboxylic acid groups (broad SMARTS) is 1. The van der Waals surface area contributed by atoms with E-state index in [9.17, 15) is 4.79 Å². The molecule has 0 radical (unpaired) electrons. The van der Waals surface area contributed by atoms with Crippen molar-refractivity contribution >= 4 is 21.9 Å². The fraction of sp³-hybridized carbons (Fsp3) is 0.500. The molecule has 1 unspecified atom stereocenters. The van der Waals surface area contributed by atoms with Crippen LogP contribution >= 0.6 is 15.9 Å². The molecule has 0 heterocycles. The molecular weight excluding hydrogens is 310 g/mol. The summed E-state index contributed by atoms with van der Waals surface area (Å²) < 4.78 is 6.53. The van der Waals surface area contributed by atoms with Crippen LogP contribution in [-0.2, 0) is 11.3 Å². The zero-order chi connectivity index (χ0) is 14.4. The number of hydrogen-bond acceptors (Lipinski definition) is 3. The molecule has 1 aromatic rings. The summed E-state index contributed by atoms with van der Waals surface area (Å²) in [6, 6.07) is 5.95. The molecule has 0 spiro atoms. The van der Waals surface area contributed by atoms with Gasteiger partial charge in [0.05, 0.1) is 0 Å². The van der Waals surface area contributed by atoms with Crippen molar-refractivity contribution in [3.8, 4) is 5.75 Å². The summed E-state index contributed by atoms with van der Waals surface area (Å²) >= 11 is 3.42. The summed E-state index contributed by atoms with van der Waals surface area (Å²) in [5.74, 6) is -0.321. The minimum Gasteiger partial charge on any atom is -0.479 e. The topological polar surface area (TPSA) is 58.6 Å². The standard InChI is InChI=1S/C14H20BrNO3/c1-4-12(14(17)18)19-13-6-5-11(15)7-10(13)8-16-9(2)3/h5-7,9,12,16H,4,8H2,1-3H3,(H,17,18). The van der Waals surface area contributed by atoms with Gasteiger partial charge in [-0.25, -0.2) is 4.79 Å². The fourth-order valence-electron chi connectivity index (χ4n) is 1.58. The molecule has 4 nitrogen and oxygen atoms in total. The van der Waals surface area contributed by atoms with Crippen molar-refractivity contribution in [2.24, 2.45) is 0 Å². The molecule has 106 valence electrons. The van der Waals surface area contributed by atoms with Gasteiger partial charge in [-0.2, -0.15) is 0 Å². The number of carbonyl (C=O) groups is 1. The van der Waals surface area contributed by atoms with Gasteiger partial charge in [-0.05, 0) is 24.6 Å². The Kier molecular flexibility index (Phi) is 6.31. The first-order valence-electron chi connectivity index (χ1n) is 6.35. The molecule has 1 rings (SSSR count). The molecule has 0 amide bonds. The zero-order valence-electron chi connectivity index (χ0n) is 11.4. The molecule has 0 aliphatic carbocycles. The van der Waals surface area contributed by atoms with E-state index < -0.39 is 12.1 Å². The second kappa shape index (κ2) is 7.50. The Balaban J connectivity index is 2.89. The van der Waals surface area contributed by atoms with Gasteiger partial charge < -0.3 is 15.2 Å². The minimum atomic E-state index is -0.937. The summed E-state index contributed by atoms with van der Waals surface area (Å²) in [5.41, 5.74) is 0.947. The van der Waals surface area contributed by atoms with Gasteiger partial charge in [-0.15, -0.1) is 0 Å².